The number of benzene rings is 1. The molecule has 0 radical (unpaired) electrons. The maximum Gasteiger partial charge on any atom is 0.227 e. The molecule has 0 bridgehead atoms. The van der Waals surface area contributed by atoms with Crippen molar-refractivity contribution in [3.8, 4) is 0 Å². The predicted octanol–water partition coefficient (Wildman–Crippen LogP) is 3.50. The summed E-state index contributed by atoms with van der Waals surface area (Å²) in [7, 11) is 0. The van der Waals surface area contributed by atoms with E-state index in [0.717, 1.165) is 29.5 Å². The minimum Gasteiger partial charge on any atom is -0.394 e. The van der Waals surface area contributed by atoms with Crippen LogP contribution in [0.3, 0.4) is 0 Å². The van der Waals surface area contributed by atoms with Gasteiger partial charge in [-0.3, -0.25) is 5.10 Å². The number of halogens is 1. The highest BCUT2D eigenvalue weighted by Gasteiger charge is 2.22. The average Bonchev–Trinajstić information content (AvgIpc) is 3.51. The van der Waals surface area contributed by atoms with Crippen LogP contribution in [0.2, 0.25) is 0 Å². The topological polar surface area (TPSA) is 138 Å². The van der Waals surface area contributed by atoms with Gasteiger partial charge in [-0.05, 0) is 44.4 Å². The zero-order chi connectivity index (χ0) is 25.1. The van der Waals surface area contributed by atoms with E-state index in [2.05, 4.69) is 31.2 Å². The second kappa shape index (κ2) is 10.5. The lowest BCUT2D eigenvalue weighted by atomic mass is 10.1. The molecule has 1 aliphatic heterocycles. The van der Waals surface area contributed by atoms with Gasteiger partial charge in [-0.15, -0.1) is 0 Å². The lowest BCUT2D eigenvalue weighted by Gasteiger charge is -2.22. The molecule has 12 heteroatoms. The standard InChI is InChI=1S/C24H30FN9O2/c1-14-9-21(33-32-14)29-22-18-12-27-34(17-5-7-36-8-6-17)23(18)31-24(30-22)26-11-16-3-4-19(25)20(10-16)28-15(2)13-35/h3-4,9-10,12,15,17,28,35H,5-8,11,13H2,1-2H3,(H3,26,29,30,31,32,33). The first kappa shape index (κ1) is 23.9. The van der Waals surface area contributed by atoms with Gasteiger partial charge in [-0.2, -0.15) is 20.2 Å². The van der Waals surface area contributed by atoms with Crippen LogP contribution >= 0.6 is 0 Å². The van der Waals surface area contributed by atoms with Crippen molar-refractivity contribution < 1.29 is 14.2 Å². The summed E-state index contributed by atoms with van der Waals surface area (Å²) in [6, 6.07) is 6.64. The fourth-order valence-electron chi connectivity index (χ4n) is 4.19. The summed E-state index contributed by atoms with van der Waals surface area (Å²) in [6.45, 7) is 5.37. The number of H-pyrrole nitrogens is 1. The maximum atomic E-state index is 14.2. The molecule has 11 nitrogen and oxygen atoms in total. The Balaban J connectivity index is 1.44. The van der Waals surface area contributed by atoms with Gasteiger partial charge >= 0.3 is 0 Å². The molecule has 1 unspecified atom stereocenters. The molecule has 1 fully saturated rings. The number of aliphatic hydroxyl groups excluding tert-OH is 1. The number of fused-ring (bicyclic) bond motifs is 1. The molecule has 0 aliphatic carbocycles. The van der Waals surface area contributed by atoms with E-state index in [1.165, 1.54) is 6.07 Å². The highest BCUT2D eigenvalue weighted by molar-refractivity contribution is 5.89. The van der Waals surface area contributed by atoms with Crippen LogP contribution in [0.25, 0.3) is 11.0 Å². The van der Waals surface area contributed by atoms with Crippen LogP contribution in [0.15, 0.2) is 30.5 Å². The van der Waals surface area contributed by atoms with E-state index in [-0.39, 0.29) is 24.5 Å². The Hall–Kier alpha value is -3.77. The summed E-state index contributed by atoms with van der Waals surface area (Å²) < 4.78 is 21.7. The molecule has 3 aromatic heterocycles. The number of aromatic nitrogens is 6. The van der Waals surface area contributed by atoms with Crippen molar-refractivity contribution in [2.45, 2.75) is 45.3 Å². The maximum absolute atomic E-state index is 14.2. The minimum absolute atomic E-state index is 0.0954. The third-order valence-electron chi connectivity index (χ3n) is 6.10. The summed E-state index contributed by atoms with van der Waals surface area (Å²) >= 11 is 0. The number of aromatic amines is 1. The summed E-state index contributed by atoms with van der Waals surface area (Å²) in [6.07, 6.45) is 3.50. The smallest absolute Gasteiger partial charge is 0.227 e. The molecule has 1 atom stereocenters. The van der Waals surface area contributed by atoms with Crippen molar-refractivity contribution in [2.24, 2.45) is 0 Å². The number of nitrogens with zero attached hydrogens (tertiary/aromatic N) is 5. The zero-order valence-electron chi connectivity index (χ0n) is 20.3. The average molecular weight is 496 g/mol. The molecule has 1 saturated heterocycles. The first-order chi connectivity index (χ1) is 17.5. The molecule has 4 aromatic rings. The highest BCUT2D eigenvalue weighted by atomic mass is 19.1. The van der Waals surface area contributed by atoms with Crippen molar-refractivity contribution in [3.05, 3.63) is 47.5 Å². The second-order valence-electron chi connectivity index (χ2n) is 9.02. The minimum atomic E-state index is -0.377. The number of nitrogens with one attached hydrogen (secondary N) is 4. The van der Waals surface area contributed by atoms with Crippen molar-refractivity contribution >= 4 is 34.3 Å². The van der Waals surface area contributed by atoms with Crippen LogP contribution in [0.4, 0.5) is 27.7 Å². The van der Waals surface area contributed by atoms with Gasteiger partial charge in [0.15, 0.2) is 11.5 Å². The number of aryl methyl sites for hydroxylation is 1. The van der Waals surface area contributed by atoms with Crippen molar-refractivity contribution in [3.63, 3.8) is 0 Å². The molecular formula is C24H30FN9O2. The van der Waals surface area contributed by atoms with Crippen LogP contribution in [0.1, 0.15) is 37.1 Å². The number of hydrogen-bond donors (Lipinski definition) is 5. The zero-order valence-corrected chi connectivity index (χ0v) is 20.3. The molecule has 5 N–H and O–H groups in total. The predicted molar refractivity (Wildman–Crippen MR) is 135 cm³/mol. The van der Waals surface area contributed by atoms with Gasteiger partial charge in [-0.25, -0.2) is 9.07 Å². The summed E-state index contributed by atoms with van der Waals surface area (Å²) in [5.74, 6) is 1.27. The lowest BCUT2D eigenvalue weighted by molar-refractivity contribution is 0.0673. The van der Waals surface area contributed by atoms with E-state index in [1.54, 1.807) is 25.3 Å². The molecule has 0 amide bonds. The van der Waals surface area contributed by atoms with Crippen LogP contribution < -0.4 is 16.0 Å². The van der Waals surface area contributed by atoms with Gasteiger partial charge in [-0.1, -0.05) is 6.07 Å². The Kier molecular flexibility index (Phi) is 6.96. The first-order valence-electron chi connectivity index (χ1n) is 12.0. The van der Waals surface area contributed by atoms with E-state index < -0.39 is 0 Å². The van der Waals surface area contributed by atoms with Crippen LogP contribution in [0, 0.1) is 12.7 Å². The molecule has 1 aromatic carbocycles. The molecule has 1 aliphatic rings. The number of rotatable bonds is 9. The van der Waals surface area contributed by atoms with E-state index in [0.29, 0.717) is 48.7 Å². The van der Waals surface area contributed by atoms with Gasteiger partial charge in [0.1, 0.15) is 11.6 Å². The molecule has 5 rings (SSSR count). The Morgan fingerprint density at radius 3 is 2.83 bits per heavy atom. The normalized spacial score (nSPS) is 15.2. The third-order valence-corrected chi connectivity index (χ3v) is 6.10. The SMILES string of the molecule is Cc1cc(Nc2nc(NCc3ccc(F)c(NC(C)CO)c3)nc3c2cnn3C2CCOCC2)n[nH]1. The molecule has 36 heavy (non-hydrogen) atoms. The van der Waals surface area contributed by atoms with E-state index in [1.807, 2.05) is 17.7 Å². The fraction of sp³-hybridized carbons (Fsp3) is 0.417. The quantitative estimate of drug-likeness (QED) is 0.236. The first-order valence-corrected chi connectivity index (χ1v) is 12.0. The number of anilines is 4. The Morgan fingerprint density at radius 2 is 2.08 bits per heavy atom. The van der Waals surface area contributed by atoms with Crippen LogP contribution in [-0.4, -0.2) is 60.9 Å². The van der Waals surface area contributed by atoms with Gasteiger partial charge in [0, 0.05) is 37.6 Å². The van der Waals surface area contributed by atoms with E-state index in [4.69, 9.17) is 14.7 Å². The van der Waals surface area contributed by atoms with Gasteiger partial charge in [0.05, 0.1) is 29.9 Å². The van der Waals surface area contributed by atoms with Crippen LogP contribution in [0.5, 0.6) is 0 Å². The largest absolute Gasteiger partial charge is 0.394 e. The third kappa shape index (κ3) is 5.24. The van der Waals surface area contributed by atoms with Crippen LogP contribution in [-0.2, 0) is 11.3 Å². The fourth-order valence-corrected chi connectivity index (χ4v) is 4.19. The van der Waals surface area contributed by atoms with Crippen molar-refractivity contribution in [1.82, 2.24) is 29.9 Å². The summed E-state index contributed by atoms with van der Waals surface area (Å²) in [4.78, 5) is 9.47. The van der Waals surface area contributed by atoms with Crippen molar-refractivity contribution in [1.29, 1.82) is 0 Å². The Labute approximate surface area is 207 Å². The molecule has 4 heterocycles. The monoisotopic (exact) mass is 495 g/mol. The van der Waals surface area contributed by atoms with E-state index in [9.17, 15) is 9.50 Å². The van der Waals surface area contributed by atoms with Gasteiger partial charge in [0.25, 0.3) is 0 Å². The number of aliphatic hydroxyl groups is 1. The Morgan fingerprint density at radius 1 is 1.25 bits per heavy atom. The Bertz CT molecular complexity index is 1330. The number of ether oxygens (including phenoxy) is 1. The second-order valence-corrected chi connectivity index (χ2v) is 9.02. The van der Waals surface area contributed by atoms with E-state index >= 15 is 0 Å². The number of hydrogen-bond acceptors (Lipinski definition) is 9. The summed E-state index contributed by atoms with van der Waals surface area (Å²) in [5, 5.41) is 31.4. The molecular weight excluding hydrogens is 465 g/mol. The van der Waals surface area contributed by atoms with Gasteiger partial charge < -0.3 is 25.8 Å². The van der Waals surface area contributed by atoms with Crippen molar-refractivity contribution in [2.75, 3.05) is 35.8 Å². The molecule has 0 spiro atoms. The molecule has 190 valence electrons. The summed E-state index contributed by atoms with van der Waals surface area (Å²) in [5.41, 5.74) is 2.81. The highest BCUT2D eigenvalue weighted by Crippen LogP contribution is 2.29. The molecule has 0 saturated carbocycles. The van der Waals surface area contributed by atoms with Gasteiger partial charge in [0.2, 0.25) is 5.95 Å². The lowest BCUT2D eigenvalue weighted by Crippen LogP contribution is -2.21.